The summed E-state index contributed by atoms with van der Waals surface area (Å²) in [5, 5.41) is 3.24. The Balaban J connectivity index is 1.92. The Hall–Kier alpha value is -0.610. The summed E-state index contributed by atoms with van der Waals surface area (Å²) < 4.78 is 11.1. The van der Waals surface area contributed by atoms with Crippen molar-refractivity contribution >= 4 is 5.97 Å². The zero-order valence-electron chi connectivity index (χ0n) is 9.96. The molecule has 0 aromatic carbocycles. The van der Waals surface area contributed by atoms with Gasteiger partial charge in [0.1, 0.15) is 0 Å². The summed E-state index contributed by atoms with van der Waals surface area (Å²) in [6.45, 7) is 4.66. The molecule has 92 valence electrons. The SMILES string of the molecule is CCCCOC(=O)C1(C2CC2)CNCCO1. The van der Waals surface area contributed by atoms with E-state index in [-0.39, 0.29) is 5.97 Å². The van der Waals surface area contributed by atoms with E-state index < -0.39 is 5.60 Å². The summed E-state index contributed by atoms with van der Waals surface area (Å²) in [7, 11) is 0. The first-order valence-electron chi connectivity index (χ1n) is 6.31. The second kappa shape index (κ2) is 5.15. The van der Waals surface area contributed by atoms with E-state index in [1.807, 2.05) is 0 Å². The number of esters is 1. The molecule has 1 atom stereocenters. The summed E-state index contributed by atoms with van der Waals surface area (Å²) in [6, 6.07) is 0. The number of hydrogen-bond donors (Lipinski definition) is 1. The molecule has 2 fully saturated rings. The minimum atomic E-state index is -0.675. The Labute approximate surface area is 96.7 Å². The van der Waals surface area contributed by atoms with Crippen LogP contribution in [0.4, 0.5) is 0 Å². The number of unbranched alkanes of at least 4 members (excludes halogenated alkanes) is 1. The van der Waals surface area contributed by atoms with Gasteiger partial charge >= 0.3 is 5.97 Å². The van der Waals surface area contributed by atoms with Crippen LogP contribution in [0.5, 0.6) is 0 Å². The van der Waals surface area contributed by atoms with Gasteiger partial charge in [-0.15, -0.1) is 0 Å². The third-order valence-electron chi connectivity index (χ3n) is 3.34. The second-order valence-electron chi connectivity index (χ2n) is 4.68. The van der Waals surface area contributed by atoms with E-state index in [0.717, 1.165) is 32.2 Å². The number of ether oxygens (including phenoxy) is 2. The third kappa shape index (κ3) is 2.38. The van der Waals surface area contributed by atoms with Gasteiger partial charge in [-0.2, -0.15) is 0 Å². The van der Waals surface area contributed by atoms with E-state index in [1.54, 1.807) is 0 Å². The van der Waals surface area contributed by atoms with Crippen molar-refractivity contribution < 1.29 is 14.3 Å². The molecule has 1 saturated carbocycles. The minimum Gasteiger partial charge on any atom is -0.464 e. The number of rotatable bonds is 5. The van der Waals surface area contributed by atoms with Crippen LogP contribution in [0.3, 0.4) is 0 Å². The lowest BCUT2D eigenvalue weighted by molar-refractivity contribution is -0.179. The normalized spacial score (nSPS) is 30.1. The molecule has 0 spiro atoms. The summed E-state index contributed by atoms with van der Waals surface area (Å²) >= 11 is 0. The van der Waals surface area contributed by atoms with Crippen LogP contribution in [0.2, 0.25) is 0 Å². The van der Waals surface area contributed by atoms with Crippen molar-refractivity contribution in [3.63, 3.8) is 0 Å². The van der Waals surface area contributed by atoms with Crippen LogP contribution in [0, 0.1) is 5.92 Å². The van der Waals surface area contributed by atoms with Gasteiger partial charge < -0.3 is 14.8 Å². The lowest BCUT2D eigenvalue weighted by atomic mass is 9.96. The van der Waals surface area contributed by atoms with Gasteiger partial charge in [-0.3, -0.25) is 0 Å². The molecule has 1 N–H and O–H groups in total. The Morgan fingerprint density at radius 3 is 2.94 bits per heavy atom. The van der Waals surface area contributed by atoms with Crippen molar-refractivity contribution in [1.82, 2.24) is 5.32 Å². The fourth-order valence-electron chi connectivity index (χ4n) is 2.17. The van der Waals surface area contributed by atoms with Crippen molar-refractivity contribution in [3.05, 3.63) is 0 Å². The summed E-state index contributed by atoms with van der Waals surface area (Å²) in [5.41, 5.74) is -0.675. The third-order valence-corrected chi connectivity index (χ3v) is 3.34. The van der Waals surface area contributed by atoms with Crippen molar-refractivity contribution in [1.29, 1.82) is 0 Å². The van der Waals surface area contributed by atoms with Crippen LogP contribution in [-0.4, -0.2) is 37.9 Å². The number of hydrogen-bond acceptors (Lipinski definition) is 4. The topological polar surface area (TPSA) is 47.6 Å². The molecule has 1 heterocycles. The molecular weight excluding hydrogens is 206 g/mol. The molecule has 16 heavy (non-hydrogen) atoms. The first-order chi connectivity index (χ1) is 7.79. The van der Waals surface area contributed by atoms with Gasteiger partial charge in [-0.1, -0.05) is 13.3 Å². The molecule has 0 aromatic rings. The first kappa shape index (κ1) is 11.9. The van der Waals surface area contributed by atoms with Gasteiger partial charge in [0, 0.05) is 19.0 Å². The van der Waals surface area contributed by atoms with Gasteiger partial charge in [-0.05, 0) is 19.3 Å². The van der Waals surface area contributed by atoms with Crippen molar-refractivity contribution in [2.24, 2.45) is 5.92 Å². The molecule has 2 aliphatic rings. The van der Waals surface area contributed by atoms with Gasteiger partial charge in [-0.25, -0.2) is 4.79 Å². The Morgan fingerprint density at radius 1 is 1.56 bits per heavy atom. The summed E-state index contributed by atoms with van der Waals surface area (Å²) in [5.74, 6) is 0.213. The Morgan fingerprint density at radius 2 is 2.38 bits per heavy atom. The lowest BCUT2D eigenvalue weighted by Gasteiger charge is -2.35. The molecule has 1 saturated heterocycles. The smallest absolute Gasteiger partial charge is 0.340 e. The highest BCUT2D eigenvalue weighted by molar-refractivity contribution is 5.81. The Bertz CT molecular complexity index is 245. The van der Waals surface area contributed by atoms with Crippen LogP contribution in [0.15, 0.2) is 0 Å². The number of nitrogens with one attached hydrogen (secondary N) is 1. The summed E-state index contributed by atoms with van der Waals surface area (Å²) in [6.07, 6.45) is 4.15. The molecule has 1 aliphatic heterocycles. The standard InChI is InChI=1S/C12H21NO3/c1-2-3-7-15-11(14)12(10-4-5-10)9-13-6-8-16-12/h10,13H,2-9H2,1H3. The highest BCUT2D eigenvalue weighted by Crippen LogP contribution is 2.43. The summed E-state index contributed by atoms with van der Waals surface area (Å²) in [4.78, 5) is 12.1. The molecule has 0 bridgehead atoms. The van der Waals surface area contributed by atoms with Gasteiger partial charge in [0.15, 0.2) is 5.60 Å². The zero-order chi connectivity index (χ0) is 11.4. The molecule has 4 nitrogen and oxygen atoms in total. The van der Waals surface area contributed by atoms with Crippen LogP contribution >= 0.6 is 0 Å². The van der Waals surface area contributed by atoms with E-state index in [2.05, 4.69) is 12.2 Å². The molecule has 0 radical (unpaired) electrons. The second-order valence-corrected chi connectivity index (χ2v) is 4.68. The molecular formula is C12H21NO3. The minimum absolute atomic E-state index is 0.157. The van der Waals surface area contributed by atoms with Crippen molar-refractivity contribution in [2.75, 3.05) is 26.3 Å². The monoisotopic (exact) mass is 227 g/mol. The highest BCUT2D eigenvalue weighted by Gasteiger charge is 2.54. The largest absolute Gasteiger partial charge is 0.464 e. The van der Waals surface area contributed by atoms with Gasteiger partial charge in [0.2, 0.25) is 0 Å². The molecule has 0 amide bonds. The lowest BCUT2D eigenvalue weighted by Crippen LogP contribution is -2.57. The molecule has 2 rings (SSSR count). The average Bonchev–Trinajstić information content (AvgIpc) is 3.14. The molecule has 0 aromatic heterocycles. The average molecular weight is 227 g/mol. The maximum absolute atomic E-state index is 12.1. The van der Waals surface area contributed by atoms with E-state index >= 15 is 0 Å². The van der Waals surface area contributed by atoms with E-state index in [1.165, 1.54) is 0 Å². The Kier molecular flexibility index (Phi) is 3.82. The number of carbonyl (C=O) groups is 1. The quantitative estimate of drug-likeness (QED) is 0.564. The molecule has 1 unspecified atom stereocenters. The van der Waals surface area contributed by atoms with E-state index in [4.69, 9.17) is 9.47 Å². The van der Waals surface area contributed by atoms with Crippen molar-refractivity contribution in [3.8, 4) is 0 Å². The predicted octanol–water partition coefficient (Wildman–Crippen LogP) is 1.10. The number of morpholine rings is 1. The van der Waals surface area contributed by atoms with E-state index in [0.29, 0.717) is 25.7 Å². The maximum Gasteiger partial charge on any atom is 0.340 e. The van der Waals surface area contributed by atoms with Gasteiger partial charge in [0.05, 0.1) is 13.2 Å². The van der Waals surface area contributed by atoms with Crippen LogP contribution in [0.25, 0.3) is 0 Å². The first-order valence-corrected chi connectivity index (χ1v) is 6.31. The maximum atomic E-state index is 12.1. The van der Waals surface area contributed by atoms with Crippen LogP contribution in [-0.2, 0) is 14.3 Å². The van der Waals surface area contributed by atoms with Crippen LogP contribution < -0.4 is 5.32 Å². The highest BCUT2D eigenvalue weighted by atomic mass is 16.6. The predicted molar refractivity (Wildman–Crippen MR) is 60.1 cm³/mol. The fraction of sp³-hybridized carbons (Fsp3) is 0.917. The molecule has 4 heteroatoms. The van der Waals surface area contributed by atoms with Gasteiger partial charge in [0.25, 0.3) is 0 Å². The van der Waals surface area contributed by atoms with E-state index in [9.17, 15) is 4.79 Å². The fourth-order valence-corrected chi connectivity index (χ4v) is 2.17. The molecule has 1 aliphatic carbocycles. The number of carbonyl (C=O) groups excluding carboxylic acids is 1. The van der Waals surface area contributed by atoms with Crippen molar-refractivity contribution in [2.45, 2.75) is 38.2 Å². The van der Waals surface area contributed by atoms with Crippen LogP contribution in [0.1, 0.15) is 32.6 Å². The zero-order valence-corrected chi connectivity index (χ0v) is 9.96.